The fourth-order valence-electron chi connectivity index (χ4n) is 2.46. The molecule has 0 unspecified atom stereocenters. The van der Waals surface area contributed by atoms with E-state index in [1.807, 2.05) is 31.2 Å². The molecule has 0 aliphatic rings. The lowest BCUT2D eigenvalue weighted by Crippen LogP contribution is -2.26. The first-order valence-electron chi connectivity index (χ1n) is 7.63. The molecule has 0 spiro atoms. The number of hydrogen-bond donors (Lipinski definition) is 1. The number of rotatable bonds is 4. The van der Waals surface area contributed by atoms with Crippen LogP contribution in [0.1, 0.15) is 12.5 Å². The standard InChI is InChI=1S/C18H16ClN3O2S/c1-10-5-3-4-6-15(10)22-17(24)13-8-7-12(19)9-14(13)21-18(22)25-11(2)16(20)23/h3-9,11H,1-2H3,(H2,20,23)/t11-/m1/s1. The van der Waals surface area contributed by atoms with Crippen molar-refractivity contribution in [1.29, 1.82) is 0 Å². The number of hydrogen-bond acceptors (Lipinski definition) is 4. The number of amides is 1. The van der Waals surface area contributed by atoms with E-state index in [0.717, 1.165) is 23.0 Å². The van der Waals surface area contributed by atoms with Crippen molar-refractivity contribution >= 4 is 40.2 Å². The molecule has 2 aromatic carbocycles. The first-order chi connectivity index (χ1) is 11.9. The van der Waals surface area contributed by atoms with Gasteiger partial charge in [0.05, 0.1) is 21.8 Å². The van der Waals surface area contributed by atoms with Gasteiger partial charge in [-0.1, -0.05) is 41.6 Å². The first kappa shape index (κ1) is 17.5. The second-order valence-corrected chi connectivity index (χ2v) is 7.39. The van der Waals surface area contributed by atoms with Gasteiger partial charge in [0.1, 0.15) is 0 Å². The molecule has 0 saturated carbocycles. The minimum atomic E-state index is -0.529. The summed E-state index contributed by atoms with van der Waals surface area (Å²) < 4.78 is 1.52. The van der Waals surface area contributed by atoms with Crippen LogP contribution in [0.4, 0.5) is 0 Å². The van der Waals surface area contributed by atoms with Gasteiger partial charge in [-0.15, -0.1) is 0 Å². The third-order valence-electron chi connectivity index (χ3n) is 3.84. The number of benzene rings is 2. The van der Waals surface area contributed by atoms with E-state index >= 15 is 0 Å². The van der Waals surface area contributed by atoms with Crippen molar-refractivity contribution in [2.75, 3.05) is 0 Å². The maximum absolute atomic E-state index is 13.1. The van der Waals surface area contributed by atoms with E-state index < -0.39 is 11.2 Å². The van der Waals surface area contributed by atoms with Gasteiger partial charge >= 0.3 is 0 Å². The first-order valence-corrected chi connectivity index (χ1v) is 8.88. The second kappa shape index (κ2) is 6.90. The van der Waals surface area contributed by atoms with Crippen molar-refractivity contribution in [3.63, 3.8) is 0 Å². The van der Waals surface area contributed by atoms with E-state index in [1.54, 1.807) is 25.1 Å². The Morgan fingerprint density at radius 2 is 2.00 bits per heavy atom. The van der Waals surface area contributed by atoms with Crippen LogP contribution in [0.15, 0.2) is 52.4 Å². The molecule has 0 radical (unpaired) electrons. The van der Waals surface area contributed by atoms with Crippen LogP contribution in [-0.2, 0) is 4.79 Å². The smallest absolute Gasteiger partial charge is 0.266 e. The van der Waals surface area contributed by atoms with Crippen molar-refractivity contribution in [3.05, 3.63) is 63.4 Å². The Kier molecular flexibility index (Phi) is 4.83. The third kappa shape index (κ3) is 3.41. The third-order valence-corrected chi connectivity index (χ3v) is 5.15. The molecule has 1 amide bonds. The topological polar surface area (TPSA) is 78.0 Å². The van der Waals surface area contributed by atoms with Crippen molar-refractivity contribution in [1.82, 2.24) is 9.55 Å². The van der Waals surface area contributed by atoms with Crippen molar-refractivity contribution in [2.45, 2.75) is 24.3 Å². The maximum Gasteiger partial charge on any atom is 0.266 e. The molecule has 0 fully saturated rings. The van der Waals surface area contributed by atoms with E-state index in [-0.39, 0.29) is 5.56 Å². The number of carbonyl (C=O) groups excluding carboxylic acids is 1. The molecule has 3 aromatic rings. The van der Waals surface area contributed by atoms with E-state index in [1.165, 1.54) is 4.57 Å². The van der Waals surface area contributed by atoms with Gasteiger partial charge in [-0.05, 0) is 43.7 Å². The molecule has 1 atom stereocenters. The van der Waals surface area contributed by atoms with Crippen molar-refractivity contribution in [2.24, 2.45) is 5.73 Å². The molecule has 1 aromatic heterocycles. The molecule has 3 rings (SSSR count). The van der Waals surface area contributed by atoms with Crippen LogP contribution >= 0.6 is 23.4 Å². The van der Waals surface area contributed by atoms with Crippen molar-refractivity contribution in [3.8, 4) is 5.69 Å². The lowest BCUT2D eigenvalue weighted by Gasteiger charge is -2.16. The van der Waals surface area contributed by atoms with Crippen molar-refractivity contribution < 1.29 is 4.79 Å². The Morgan fingerprint density at radius 3 is 2.68 bits per heavy atom. The number of halogens is 1. The van der Waals surface area contributed by atoms with Gasteiger partial charge in [0.25, 0.3) is 5.56 Å². The summed E-state index contributed by atoms with van der Waals surface area (Å²) >= 11 is 7.18. The number of primary amides is 1. The van der Waals surface area contributed by atoms with E-state index in [9.17, 15) is 9.59 Å². The summed E-state index contributed by atoms with van der Waals surface area (Å²) in [7, 11) is 0. The number of fused-ring (bicyclic) bond motifs is 1. The van der Waals surface area contributed by atoms with Gasteiger partial charge in [-0.2, -0.15) is 0 Å². The van der Waals surface area contributed by atoms with Crippen LogP contribution in [-0.4, -0.2) is 20.7 Å². The molecule has 128 valence electrons. The minimum absolute atomic E-state index is 0.213. The van der Waals surface area contributed by atoms with E-state index in [2.05, 4.69) is 4.98 Å². The van der Waals surface area contributed by atoms with Gasteiger partial charge in [0, 0.05) is 5.02 Å². The summed E-state index contributed by atoms with van der Waals surface area (Å²) in [6.07, 6.45) is 0. The number of aryl methyl sites for hydroxylation is 1. The lowest BCUT2D eigenvalue weighted by molar-refractivity contribution is -0.117. The highest BCUT2D eigenvalue weighted by atomic mass is 35.5. The molecule has 5 nitrogen and oxygen atoms in total. The largest absolute Gasteiger partial charge is 0.369 e. The minimum Gasteiger partial charge on any atom is -0.369 e. The Bertz CT molecular complexity index is 1030. The zero-order chi connectivity index (χ0) is 18.1. The van der Waals surface area contributed by atoms with Crippen LogP contribution in [0.2, 0.25) is 5.02 Å². The lowest BCUT2D eigenvalue weighted by atomic mass is 10.2. The second-order valence-electron chi connectivity index (χ2n) is 5.65. The SMILES string of the molecule is Cc1ccccc1-n1c(S[C@H](C)C(N)=O)nc2cc(Cl)ccc2c1=O. The van der Waals surface area contributed by atoms with Gasteiger partial charge in [-0.3, -0.25) is 14.2 Å². The summed E-state index contributed by atoms with van der Waals surface area (Å²) in [6, 6.07) is 12.5. The van der Waals surface area contributed by atoms with Gasteiger partial charge in [0.2, 0.25) is 5.91 Å². The molecule has 0 aliphatic carbocycles. The van der Waals surface area contributed by atoms with Gasteiger partial charge in [0.15, 0.2) is 5.16 Å². The highest BCUT2D eigenvalue weighted by Crippen LogP contribution is 2.26. The number of thioether (sulfide) groups is 1. The van der Waals surface area contributed by atoms with E-state index in [0.29, 0.717) is 21.1 Å². The number of aromatic nitrogens is 2. The maximum atomic E-state index is 13.1. The Balaban J connectivity index is 2.34. The Morgan fingerprint density at radius 1 is 1.28 bits per heavy atom. The fraction of sp³-hybridized carbons (Fsp3) is 0.167. The molecule has 7 heteroatoms. The molecular weight excluding hydrogens is 358 g/mol. The van der Waals surface area contributed by atoms with E-state index in [4.69, 9.17) is 17.3 Å². The fourth-order valence-corrected chi connectivity index (χ4v) is 3.50. The summed E-state index contributed by atoms with van der Waals surface area (Å²) in [4.78, 5) is 29.2. The average Bonchev–Trinajstić information content (AvgIpc) is 2.56. The Labute approximate surface area is 153 Å². The summed E-state index contributed by atoms with van der Waals surface area (Å²) in [5, 5.41) is 0.829. The highest BCUT2D eigenvalue weighted by molar-refractivity contribution is 8.00. The average molecular weight is 374 g/mol. The van der Waals surface area contributed by atoms with Crippen LogP contribution < -0.4 is 11.3 Å². The number of nitrogens with zero attached hydrogens (tertiary/aromatic N) is 2. The molecule has 0 bridgehead atoms. The molecular formula is C18H16ClN3O2S. The highest BCUT2D eigenvalue weighted by Gasteiger charge is 2.19. The molecule has 1 heterocycles. The zero-order valence-electron chi connectivity index (χ0n) is 13.7. The predicted octanol–water partition coefficient (Wildman–Crippen LogP) is 3.31. The zero-order valence-corrected chi connectivity index (χ0v) is 15.3. The predicted molar refractivity (Wildman–Crippen MR) is 102 cm³/mol. The molecule has 2 N–H and O–H groups in total. The quantitative estimate of drug-likeness (QED) is 0.562. The van der Waals surface area contributed by atoms with Gasteiger partial charge in [-0.25, -0.2) is 4.98 Å². The Hall–Kier alpha value is -2.31. The summed E-state index contributed by atoms with van der Waals surface area (Å²) in [5.74, 6) is -0.471. The number of carbonyl (C=O) groups is 1. The monoisotopic (exact) mass is 373 g/mol. The van der Waals surface area contributed by atoms with Crippen LogP contribution in [0.5, 0.6) is 0 Å². The van der Waals surface area contributed by atoms with Crippen LogP contribution in [0, 0.1) is 6.92 Å². The molecule has 25 heavy (non-hydrogen) atoms. The van der Waals surface area contributed by atoms with Crippen LogP contribution in [0.25, 0.3) is 16.6 Å². The van der Waals surface area contributed by atoms with Crippen LogP contribution in [0.3, 0.4) is 0 Å². The summed E-state index contributed by atoms with van der Waals surface area (Å²) in [6.45, 7) is 3.60. The molecule has 0 saturated heterocycles. The normalized spacial score (nSPS) is 12.3. The summed E-state index contributed by atoms with van der Waals surface area (Å²) in [5.41, 5.74) is 7.30. The number of nitrogens with two attached hydrogens (primary N) is 1. The molecule has 0 aliphatic heterocycles. The number of para-hydroxylation sites is 1. The van der Waals surface area contributed by atoms with Gasteiger partial charge < -0.3 is 5.73 Å².